The molecule has 43 heavy (non-hydrogen) atoms. The average molecular weight is 620 g/mol. The number of carbonyl (C=O) groups is 3. The molecule has 1 fully saturated rings. The quantitative estimate of drug-likeness (QED) is 0.288. The van der Waals surface area contributed by atoms with Crippen molar-refractivity contribution in [2.45, 2.75) is 25.8 Å². The summed E-state index contributed by atoms with van der Waals surface area (Å²) >= 11 is 1.19. The highest BCUT2D eigenvalue weighted by Crippen LogP contribution is 2.46. The molecule has 2 aliphatic rings. The van der Waals surface area contributed by atoms with E-state index in [1.807, 2.05) is 49.4 Å². The third-order valence-electron chi connectivity index (χ3n) is 7.40. The van der Waals surface area contributed by atoms with Gasteiger partial charge in [0.2, 0.25) is 5.91 Å². The largest absolute Gasteiger partial charge is 0.457 e. The Kier molecular flexibility index (Phi) is 7.52. The van der Waals surface area contributed by atoms with Crippen LogP contribution in [-0.4, -0.2) is 67.3 Å². The normalized spacial score (nSPS) is 16.3. The molecule has 0 spiro atoms. The molecule has 1 atom stereocenters. The van der Waals surface area contributed by atoms with Gasteiger partial charge in [-0.2, -0.15) is 0 Å². The molecule has 11 nitrogen and oxygen atoms in total. The minimum absolute atomic E-state index is 0.0841. The highest BCUT2D eigenvalue weighted by atomic mass is 32.2. The van der Waals surface area contributed by atoms with Gasteiger partial charge in [-0.15, -0.1) is 11.3 Å². The molecule has 222 valence electrons. The maximum absolute atomic E-state index is 13.5. The van der Waals surface area contributed by atoms with Crippen molar-refractivity contribution in [2.24, 2.45) is 0 Å². The summed E-state index contributed by atoms with van der Waals surface area (Å²) in [5.74, 6) is 0.519. The van der Waals surface area contributed by atoms with Gasteiger partial charge in [0.05, 0.1) is 28.2 Å². The standard InChI is InChI=1S/C30H29N5O6S2/c1-18-16-21(41-20-6-4-3-5-7-20)8-9-22(18)35-23-10-13-31-29-25(23)26(33-30(35)38)27(42-29)28(37)32-19-11-14-34(17-19)24(36)12-15-43(2,39)40/h3-10,13,16,19H,11-12,14-15,17H2,1-2H3,(H,32,37)(H,33,38). The van der Waals surface area contributed by atoms with Crippen molar-refractivity contribution in [2.75, 3.05) is 35.3 Å². The first kappa shape index (κ1) is 28.6. The summed E-state index contributed by atoms with van der Waals surface area (Å²) in [5.41, 5.74) is 2.51. The molecule has 4 amide bonds. The number of pyridine rings is 1. The van der Waals surface area contributed by atoms with E-state index in [4.69, 9.17) is 4.74 Å². The molecule has 0 radical (unpaired) electrons. The SMILES string of the molecule is Cc1cc(Oc2ccccc2)ccc1N1C(=O)Nc2c(C(=O)NC3CCN(C(=O)CCS(C)(=O)=O)C3)sc3nccc1c23. The Bertz CT molecular complexity index is 1860. The molecule has 2 aliphatic heterocycles. The summed E-state index contributed by atoms with van der Waals surface area (Å²) in [6, 6.07) is 16.0. The average Bonchev–Trinajstić information content (AvgIpc) is 3.58. The van der Waals surface area contributed by atoms with Crippen molar-refractivity contribution < 1.29 is 27.5 Å². The lowest BCUT2D eigenvalue weighted by molar-refractivity contribution is -0.129. The number of thiophene rings is 1. The Labute approximate surface area is 252 Å². The Balaban J connectivity index is 1.22. The lowest BCUT2D eigenvalue weighted by Gasteiger charge is -2.29. The second kappa shape index (κ2) is 11.3. The number of aryl methyl sites for hydroxylation is 1. The van der Waals surface area contributed by atoms with Crippen LogP contribution in [0.4, 0.5) is 21.9 Å². The highest BCUT2D eigenvalue weighted by molar-refractivity contribution is 7.90. The number of nitrogens with one attached hydrogen (secondary N) is 2. The van der Waals surface area contributed by atoms with Crippen molar-refractivity contribution >= 4 is 66.3 Å². The highest BCUT2D eigenvalue weighted by Gasteiger charge is 2.35. The first-order valence-corrected chi connectivity index (χ1v) is 16.6. The topological polar surface area (TPSA) is 138 Å². The van der Waals surface area contributed by atoms with Crippen LogP contribution in [0.25, 0.3) is 10.2 Å². The second-order valence-electron chi connectivity index (χ2n) is 10.6. The van der Waals surface area contributed by atoms with E-state index in [0.29, 0.717) is 63.2 Å². The Morgan fingerprint density at radius 1 is 1.12 bits per heavy atom. The number of para-hydroxylation sites is 1. The molecule has 0 bridgehead atoms. The Morgan fingerprint density at radius 2 is 1.91 bits per heavy atom. The van der Waals surface area contributed by atoms with Crippen LogP contribution >= 0.6 is 11.3 Å². The zero-order chi connectivity index (χ0) is 30.3. The van der Waals surface area contributed by atoms with Gasteiger partial charge in [-0.25, -0.2) is 18.2 Å². The molecule has 0 saturated carbocycles. The number of carbonyl (C=O) groups excluding carboxylic acids is 3. The zero-order valence-electron chi connectivity index (χ0n) is 23.5. The molecule has 1 unspecified atom stereocenters. The zero-order valence-corrected chi connectivity index (χ0v) is 25.1. The Hall–Kier alpha value is -4.49. The first-order valence-electron chi connectivity index (χ1n) is 13.7. The summed E-state index contributed by atoms with van der Waals surface area (Å²) in [5, 5.41) is 6.56. The smallest absolute Gasteiger partial charge is 0.331 e. The van der Waals surface area contributed by atoms with E-state index in [1.54, 1.807) is 28.1 Å². The summed E-state index contributed by atoms with van der Waals surface area (Å²) in [7, 11) is -3.24. The number of nitrogens with zero attached hydrogens (tertiary/aromatic N) is 3. The van der Waals surface area contributed by atoms with Gasteiger partial charge < -0.3 is 20.3 Å². The van der Waals surface area contributed by atoms with Crippen LogP contribution in [-0.2, 0) is 14.6 Å². The number of urea groups is 1. The number of anilines is 3. The van der Waals surface area contributed by atoms with Crippen molar-refractivity contribution in [1.82, 2.24) is 15.2 Å². The van der Waals surface area contributed by atoms with E-state index in [9.17, 15) is 22.8 Å². The van der Waals surface area contributed by atoms with Crippen LogP contribution in [0.1, 0.15) is 28.1 Å². The van der Waals surface area contributed by atoms with Crippen LogP contribution in [0.5, 0.6) is 11.5 Å². The summed E-state index contributed by atoms with van der Waals surface area (Å²) < 4.78 is 28.8. The molecule has 2 N–H and O–H groups in total. The van der Waals surface area contributed by atoms with Gasteiger partial charge in [-0.1, -0.05) is 18.2 Å². The van der Waals surface area contributed by atoms with Gasteiger partial charge in [-0.3, -0.25) is 14.5 Å². The lowest BCUT2D eigenvalue weighted by atomic mass is 10.1. The van der Waals surface area contributed by atoms with Crippen LogP contribution in [0.3, 0.4) is 0 Å². The van der Waals surface area contributed by atoms with Crippen LogP contribution in [0.2, 0.25) is 0 Å². The van der Waals surface area contributed by atoms with Crippen LogP contribution in [0, 0.1) is 6.92 Å². The maximum atomic E-state index is 13.5. The lowest BCUT2D eigenvalue weighted by Crippen LogP contribution is -2.39. The Morgan fingerprint density at radius 3 is 2.65 bits per heavy atom. The number of hydrogen-bond donors (Lipinski definition) is 2. The fourth-order valence-corrected chi connectivity index (χ4v) is 6.90. The number of likely N-dealkylation sites (tertiary alicyclic amines) is 1. The maximum Gasteiger partial charge on any atom is 0.331 e. The summed E-state index contributed by atoms with van der Waals surface area (Å²) in [6.45, 7) is 2.62. The fourth-order valence-electron chi connectivity index (χ4n) is 5.34. The molecule has 0 aliphatic carbocycles. The number of hydrogen-bond acceptors (Lipinski definition) is 8. The van der Waals surface area contributed by atoms with Gasteiger partial charge in [0.1, 0.15) is 31.0 Å². The molecule has 1 saturated heterocycles. The van der Waals surface area contributed by atoms with Crippen molar-refractivity contribution in [3.05, 3.63) is 71.2 Å². The molecular formula is C30H29N5O6S2. The van der Waals surface area contributed by atoms with E-state index >= 15 is 0 Å². The van der Waals surface area contributed by atoms with Gasteiger partial charge >= 0.3 is 6.03 Å². The summed E-state index contributed by atoms with van der Waals surface area (Å²) in [6.07, 6.45) is 3.18. The van der Waals surface area contributed by atoms with Crippen molar-refractivity contribution in [3.8, 4) is 11.5 Å². The second-order valence-corrected chi connectivity index (χ2v) is 13.9. The monoisotopic (exact) mass is 619 g/mol. The van der Waals surface area contributed by atoms with Gasteiger partial charge in [0, 0.05) is 38.0 Å². The molecular weight excluding hydrogens is 590 g/mol. The van der Waals surface area contributed by atoms with Gasteiger partial charge in [0.25, 0.3) is 5.91 Å². The van der Waals surface area contributed by atoms with Crippen LogP contribution < -0.4 is 20.3 Å². The van der Waals surface area contributed by atoms with E-state index in [-0.39, 0.29) is 30.0 Å². The van der Waals surface area contributed by atoms with Crippen LogP contribution in [0.15, 0.2) is 60.8 Å². The minimum Gasteiger partial charge on any atom is -0.457 e. The number of amides is 4. The molecule has 13 heteroatoms. The summed E-state index contributed by atoms with van der Waals surface area (Å²) in [4.78, 5) is 48.0. The minimum atomic E-state index is -3.24. The van der Waals surface area contributed by atoms with Crippen molar-refractivity contribution in [1.29, 1.82) is 0 Å². The molecule has 4 heterocycles. The predicted octanol–water partition coefficient (Wildman–Crippen LogP) is 4.85. The molecule has 6 rings (SSSR count). The van der Waals surface area contributed by atoms with E-state index in [1.165, 1.54) is 11.3 Å². The molecule has 4 aromatic rings. The number of ether oxygens (including phenoxy) is 1. The van der Waals surface area contributed by atoms with E-state index in [0.717, 1.165) is 11.8 Å². The van der Waals surface area contributed by atoms with Gasteiger partial charge in [-0.05, 0) is 55.3 Å². The molecule has 2 aromatic heterocycles. The third-order valence-corrected chi connectivity index (χ3v) is 9.45. The van der Waals surface area contributed by atoms with E-state index in [2.05, 4.69) is 15.6 Å². The van der Waals surface area contributed by atoms with Crippen molar-refractivity contribution in [3.63, 3.8) is 0 Å². The third kappa shape index (κ3) is 5.90. The number of aromatic nitrogens is 1. The number of sulfone groups is 1. The first-order chi connectivity index (χ1) is 20.6. The van der Waals surface area contributed by atoms with Gasteiger partial charge in [0.15, 0.2) is 0 Å². The fraction of sp³-hybridized carbons (Fsp3) is 0.267. The predicted molar refractivity (Wildman–Crippen MR) is 165 cm³/mol. The van der Waals surface area contributed by atoms with E-state index < -0.39 is 15.9 Å². The number of benzene rings is 2. The molecule has 2 aromatic carbocycles. The number of rotatable bonds is 8.